The number of carbonyl (C=O) groups excluding carboxylic acids is 2. The third-order valence-electron chi connectivity index (χ3n) is 3.79. The first-order valence-corrected chi connectivity index (χ1v) is 7.89. The van der Waals surface area contributed by atoms with Crippen LogP contribution in [0.5, 0.6) is 17.2 Å². The number of amides is 1. The molecule has 1 saturated heterocycles. The third kappa shape index (κ3) is 4.99. The number of benzene rings is 1. The summed E-state index contributed by atoms with van der Waals surface area (Å²) in [6.45, 7) is 1.77. The predicted octanol–water partition coefficient (Wildman–Crippen LogP) is 0.657. The summed E-state index contributed by atoms with van der Waals surface area (Å²) < 4.78 is 26.0. The number of morpholine rings is 1. The number of nitrogens with zero attached hydrogens (tertiary/aromatic N) is 1. The molecule has 0 atom stereocenters. The van der Waals surface area contributed by atoms with Crippen LogP contribution in [-0.2, 0) is 25.5 Å². The average Bonchev–Trinajstić information content (AvgIpc) is 2.65. The molecule has 1 aliphatic rings. The third-order valence-corrected chi connectivity index (χ3v) is 3.79. The van der Waals surface area contributed by atoms with Crippen LogP contribution in [0.4, 0.5) is 0 Å². The van der Waals surface area contributed by atoms with E-state index in [4.69, 9.17) is 23.7 Å². The summed E-state index contributed by atoms with van der Waals surface area (Å²) >= 11 is 0. The lowest BCUT2D eigenvalue weighted by molar-refractivity contribution is -0.153. The number of rotatable bonds is 7. The van der Waals surface area contributed by atoms with Crippen LogP contribution in [-0.4, -0.2) is 71.0 Å². The topological polar surface area (TPSA) is 83.5 Å². The smallest absolute Gasteiger partial charge is 0.310 e. The summed E-state index contributed by atoms with van der Waals surface area (Å²) in [6.07, 6.45) is -0.00684. The fraction of sp³-hybridized carbons (Fsp3) is 0.529. The van der Waals surface area contributed by atoms with E-state index in [0.29, 0.717) is 49.1 Å². The summed E-state index contributed by atoms with van der Waals surface area (Å²) in [7, 11) is 4.51. The summed E-state index contributed by atoms with van der Waals surface area (Å²) in [6, 6.07) is 3.35. The van der Waals surface area contributed by atoms with Crippen molar-refractivity contribution in [3.05, 3.63) is 17.7 Å². The zero-order chi connectivity index (χ0) is 18.2. The van der Waals surface area contributed by atoms with Crippen molar-refractivity contribution in [1.82, 2.24) is 4.90 Å². The van der Waals surface area contributed by atoms with Crippen LogP contribution in [0, 0.1) is 0 Å². The van der Waals surface area contributed by atoms with Crippen LogP contribution in [0.2, 0.25) is 0 Å². The Balaban J connectivity index is 1.94. The standard InChI is InChI=1S/C17H23NO7/c1-21-13-8-12(9-14(22-2)17(13)23-3)10-16(20)25-11-15(19)18-4-6-24-7-5-18/h8-9H,4-7,10-11H2,1-3H3. The largest absolute Gasteiger partial charge is 0.493 e. The monoisotopic (exact) mass is 353 g/mol. The van der Waals surface area contributed by atoms with Gasteiger partial charge in [0.2, 0.25) is 5.75 Å². The molecule has 8 heteroatoms. The van der Waals surface area contributed by atoms with E-state index in [-0.39, 0.29) is 18.9 Å². The number of carbonyl (C=O) groups is 2. The number of esters is 1. The number of methoxy groups -OCH3 is 3. The first-order chi connectivity index (χ1) is 12.1. The molecule has 138 valence electrons. The maximum atomic E-state index is 12.0. The van der Waals surface area contributed by atoms with Crippen LogP contribution >= 0.6 is 0 Å². The van der Waals surface area contributed by atoms with Gasteiger partial charge in [-0.15, -0.1) is 0 Å². The minimum absolute atomic E-state index is 0.00684. The molecule has 0 unspecified atom stereocenters. The van der Waals surface area contributed by atoms with E-state index in [2.05, 4.69) is 0 Å². The van der Waals surface area contributed by atoms with Crippen molar-refractivity contribution in [2.75, 3.05) is 54.2 Å². The average molecular weight is 353 g/mol. The molecule has 0 aromatic heterocycles. The van der Waals surface area contributed by atoms with Crippen LogP contribution in [0.15, 0.2) is 12.1 Å². The molecule has 0 saturated carbocycles. The van der Waals surface area contributed by atoms with Crippen molar-refractivity contribution in [2.45, 2.75) is 6.42 Å². The Morgan fingerprint density at radius 2 is 1.64 bits per heavy atom. The van der Waals surface area contributed by atoms with Gasteiger partial charge in [-0.2, -0.15) is 0 Å². The lowest BCUT2D eigenvalue weighted by Crippen LogP contribution is -2.42. The highest BCUT2D eigenvalue weighted by Crippen LogP contribution is 2.38. The Labute approximate surface area is 146 Å². The van der Waals surface area contributed by atoms with Crippen molar-refractivity contribution >= 4 is 11.9 Å². The van der Waals surface area contributed by atoms with E-state index >= 15 is 0 Å². The molecular weight excluding hydrogens is 330 g/mol. The van der Waals surface area contributed by atoms with Gasteiger partial charge in [0.05, 0.1) is 41.0 Å². The van der Waals surface area contributed by atoms with Gasteiger partial charge in [0.1, 0.15) is 0 Å². The molecule has 1 aliphatic heterocycles. The Kier molecular flexibility index (Phi) is 6.88. The van der Waals surface area contributed by atoms with E-state index in [1.807, 2.05) is 0 Å². The van der Waals surface area contributed by atoms with Gasteiger partial charge in [-0.3, -0.25) is 9.59 Å². The Morgan fingerprint density at radius 1 is 1.04 bits per heavy atom. The summed E-state index contributed by atoms with van der Waals surface area (Å²) in [5, 5.41) is 0. The lowest BCUT2D eigenvalue weighted by Gasteiger charge is -2.26. The normalized spacial score (nSPS) is 14.0. The molecule has 1 heterocycles. The van der Waals surface area contributed by atoms with Gasteiger partial charge in [-0.25, -0.2) is 0 Å². The van der Waals surface area contributed by atoms with Crippen LogP contribution in [0.3, 0.4) is 0 Å². The molecule has 0 aliphatic carbocycles. The maximum absolute atomic E-state index is 12.0. The first kappa shape index (κ1) is 18.9. The molecule has 0 spiro atoms. The van der Waals surface area contributed by atoms with Crippen LogP contribution < -0.4 is 14.2 Å². The molecule has 0 N–H and O–H groups in total. The summed E-state index contributed by atoms with van der Waals surface area (Å²) in [5.41, 5.74) is 0.637. The Morgan fingerprint density at radius 3 is 2.16 bits per heavy atom. The van der Waals surface area contributed by atoms with Crippen LogP contribution in [0.25, 0.3) is 0 Å². The second kappa shape index (κ2) is 9.12. The van der Waals surface area contributed by atoms with Gasteiger partial charge in [0.25, 0.3) is 5.91 Å². The first-order valence-electron chi connectivity index (χ1n) is 7.89. The van der Waals surface area contributed by atoms with E-state index < -0.39 is 5.97 Å². The fourth-order valence-corrected chi connectivity index (χ4v) is 2.50. The van der Waals surface area contributed by atoms with Gasteiger partial charge in [-0.1, -0.05) is 0 Å². The molecule has 1 fully saturated rings. The van der Waals surface area contributed by atoms with E-state index in [0.717, 1.165) is 0 Å². The lowest BCUT2D eigenvalue weighted by atomic mass is 10.1. The van der Waals surface area contributed by atoms with Crippen LogP contribution in [0.1, 0.15) is 5.56 Å². The minimum atomic E-state index is -0.504. The maximum Gasteiger partial charge on any atom is 0.310 e. The van der Waals surface area contributed by atoms with Gasteiger partial charge >= 0.3 is 5.97 Å². The molecular formula is C17H23NO7. The highest BCUT2D eigenvalue weighted by atomic mass is 16.5. The van der Waals surface area contributed by atoms with Crippen molar-refractivity contribution in [3.8, 4) is 17.2 Å². The molecule has 0 radical (unpaired) electrons. The quantitative estimate of drug-likeness (QED) is 0.666. The molecule has 8 nitrogen and oxygen atoms in total. The van der Waals surface area contributed by atoms with Crippen molar-refractivity contribution in [1.29, 1.82) is 0 Å². The number of hydrogen-bond donors (Lipinski definition) is 0. The van der Waals surface area contributed by atoms with Gasteiger partial charge in [-0.05, 0) is 17.7 Å². The van der Waals surface area contributed by atoms with Crippen molar-refractivity contribution < 1.29 is 33.3 Å². The fourth-order valence-electron chi connectivity index (χ4n) is 2.50. The number of ether oxygens (including phenoxy) is 5. The second-order valence-corrected chi connectivity index (χ2v) is 5.36. The molecule has 1 aromatic rings. The van der Waals surface area contributed by atoms with Crippen molar-refractivity contribution in [3.63, 3.8) is 0 Å². The highest BCUT2D eigenvalue weighted by Gasteiger charge is 2.19. The van der Waals surface area contributed by atoms with Gasteiger partial charge in [0, 0.05) is 13.1 Å². The predicted molar refractivity (Wildman–Crippen MR) is 88.2 cm³/mol. The van der Waals surface area contributed by atoms with Crippen molar-refractivity contribution in [2.24, 2.45) is 0 Å². The SMILES string of the molecule is COc1cc(CC(=O)OCC(=O)N2CCOCC2)cc(OC)c1OC. The molecule has 0 bridgehead atoms. The zero-order valence-electron chi connectivity index (χ0n) is 14.7. The van der Waals surface area contributed by atoms with E-state index in [1.165, 1.54) is 21.3 Å². The summed E-state index contributed by atoms with van der Waals surface area (Å²) in [4.78, 5) is 25.6. The van der Waals surface area contributed by atoms with Gasteiger partial charge < -0.3 is 28.6 Å². The molecule has 25 heavy (non-hydrogen) atoms. The molecule has 1 amide bonds. The van der Waals surface area contributed by atoms with E-state index in [1.54, 1.807) is 17.0 Å². The second-order valence-electron chi connectivity index (χ2n) is 5.36. The molecule has 2 rings (SSSR count). The summed E-state index contributed by atoms with van der Waals surface area (Å²) in [5.74, 6) is 0.630. The van der Waals surface area contributed by atoms with Gasteiger partial charge in [0.15, 0.2) is 18.1 Å². The number of hydrogen-bond acceptors (Lipinski definition) is 7. The van der Waals surface area contributed by atoms with E-state index in [9.17, 15) is 9.59 Å². The Bertz CT molecular complexity index is 586. The zero-order valence-corrected chi connectivity index (χ0v) is 14.7. The minimum Gasteiger partial charge on any atom is -0.493 e. The Hall–Kier alpha value is -2.48. The highest BCUT2D eigenvalue weighted by molar-refractivity contribution is 5.81. The molecule has 1 aromatic carbocycles.